The minimum absolute atomic E-state index is 0.0749. The first-order valence-corrected chi connectivity index (χ1v) is 13.1. The molecule has 0 saturated carbocycles. The van der Waals surface area contributed by atoms with E-state index in [1.165, 1.54) is 18.3 Å². The van der Waals surface area contributed by atoms with Gasteiger partial charge in [-0.05, 0) is 73.9 Å². The highest BCUT2D eigenvalue weighted by Crippen LogP contribution is 2.29. The highest BCUT2D eigenvalue weighted by atomic mass is 32.2. The number of amides is 1. The van der Waals surface area contributed by atoms with Gasteiger partial charge in [0.05, 0.1) is 18.1 Å². The monoisotopic (exact) mass is 497 g/mol. The largest absolute Gasteiger partial charge is 0.490 e. The molecule has 0 bridgehead atoms. The second kappa shape index (κ2) is 12.8. The number of rotatable bonds is 13. The number of aryl methyl sites for hydroxylation is 1. The van der Waals surface area contributed by atoms with E-state index in [-0.39, 0.29) is 23.0 Å². The third-order valence-corrected chi connectivity index (χ3v) is 6.43. The number of carbonyl (C=O) groups excluding carboxylic acids is 1. The fourth-order valence-electron chi connectivity index (χ4n) is 3.24. The maximum absolute atomic E-state index is 12.5. The molecule has 35 heavy (non-hydrogen) atoms. The molecule has 3 aromatic rings. The number of sulfonamides is 1. The summed E-state index contributed by atoms with van der Waals surface area (Å²) in [6.45, 7) is 5.19. The molecule has 0 aliphatic carbocycles. The summed E-state index contributed by atoms with van der Waals surface area (Å²) in [4.78, 5) is 16.5. The minimum atomic E-state index is -3.77. The van der Waals surface area contributed by atoms with Gasteiger partial charge < -0.3 is 14.8 Å². The third kappa shape index (κ3) is 7.99. The van der Waals surface area contributed by atoms with Crippen LogP contribution in [0.2, 0.25) is 0 Å². The van der Waals surface area contributed by atoms with Crippen molar-refractivity contribution in [2.24, 2.45) is 0 Å². The van der Waals surface area contributed by atoms with Crippen molar-refractivity contribution in [3.63, 3.8) is 0 Å². The molecule has 9 heteroatoms. The molecule has 0 spiro atoms. The molecule has 8 nitrogen and oxygen atoms in total. The molecular weight excluding hydrogens is 466 g/mol. The predicted octanol–water partition coefficient (Wildman–Crippen LogP) is 5.03. The smallest absolute Gasteiger partial charge is 0.263 e. The van der Waals surface area contributed by atoms with E-state index in [9.17, 15) is 13.2 Å². The Labute approximate surface area is 206 Å². The van der Waals surface area contributed by atoms with Crippen LogP contribution in [0.4, 0.5) is 11.5 Å². The van der Waals surface area contributed by atoms with Crippen LogP contribution < -0.4 is 19.5 Å². The van der Waals surface area contributed by atoms with Crippen LogP contribution in [0.25, 0.3) is 0 Å². The van der Waals surface area contributed by atoms with Crippen LogP contribution >= 0.6 is 0 Å². The van der Waals surface area contributed by atoms with Crippen LogP contribution in [-0.4, -0.2) is 32.5 Å². The average Bonchev–Trinajstić information content (AvgIpc) is 2.85. The van der Waals surface area contributed by atoms with E-state index >= 15 is 0 Å². The minimum Gasteiger partial charge on any atom is -0.490 e. The second-order valence-corrected chi connectivity index (χ2v) is 9.49. The number of benzene rings is 2. The number of hydrogen-bond donors (Lipinski definition) is 2. The number of unbranched alkanes of at least 4 members (excludes halogenated alkanes) is 1. The first-order valence-electron chi connectivity index (χ1n) is 11.6. The van der Waals surface area contributed by atoms with Crippen molar-refractivity contribution in [3.05, 3.63) is 72.4 Å². The first kappa shape index (κ1) is 26.0. The van der Waals surface area contributed by atoms with Crippen LogP contribution in [0.3, 0.4) is 0 Å². The molecule has 3 rings (SSSR count). The van der Waals surface area contributed by atoms with Crippen molar-refractivity contribution in [2.75, 3.05) is 23.3 Å². The SMILES string of the molecule is CCCCOc1ccc(CCC(=O)Nc2ccc(S(=O)(=O)Nc3ccccn3)cc2)cc1OCC. The Morgan fingerprint density at radius 2 is 1.77 bits per heavy atom. The first-order chi connectivity index (χ1) is 16.9. The van der Waals surface area contributed by atoms with Crippen molar-refractivity contribution in [3.8, 4) is 11.5 Å². The molecule has 2 aromatic carbocycles. The molecule has 2 N–H and O–H groups in total. The van der Waals surface area contributed by atoms with Crippen LogP contribution in [0.5, 0.6) is 11.5 Å². The maximum atomic E-state index is 12.5. The zero-order valence-corrected chi connectivity index (χ0v) is 20.8. The number of anilines is 2. The molecule has 1 amide bonds. The summed E-state index contributed by atoms with van der Waals surface area (Å²) in [7, 11) is -3.77. The van der Waals surface area contributed by atoms with E-state index in [4.69, 9.17) is 9.47 Å². The number of hydrogen-bond acceptors (Lipinski definition) is 6. The van der Waals surface area contributed by atoms with Gasteiger partial charge in [-0.1, -0.05) is 25.5 Å². The highest BCUT2D eigenvalue weighted by molar-refractivity contribution is 7.92. The lowest BCUT2D eigenvalue weighted by atomic mass is 10.1. The molecule has 1 aromatic heterocycles. The Hall–Kier alpha value is -3.59. The van der Waals surface area contributed by atoms with E-state index in [2.05, 4.69) is 21.9 Å². The summed E-state index contributed by atoms with van der Waals surface area (Å²) in [5.41, 5.74) is 1.48. The Balaban J connectivity index is 1.55. The lowest BCUT2D eigenvalue weighted by Gasteiger charge is -2.13. The van der Waals surface area contributed by atoms with Gasteiger partial charge >= 0.3 is 0 Å². The molecule has 0 radical (unpaired) electrons. The summed E-state index contributed by atoms with van der Waals surface area (Å²) in [5.74, 6) is 1.45. The molecule has 186 valence electrons. The summed E-state index contributed by atoms with van der Waals surface area (Å²) in [6, 6.07) is 16.7. The van der Waals surface area contributed by atoms with Crippen molar-refractivity contribution < 1.29 is 22.7 Å². The van der Waals surface area contributed by atoms with Crippen LogP contribution in [0.15, 0.2) is 71.8 Å². The summed E-state index contributed by atoms with van der Waals surface area (Å²) < 4.78 is 38.9. The van der Waals surface area contributed by atoms with Crippen LogP contribution in [0.1, 0.15) is 38.7 Å². The maximum Gasteiger partial charge on any atom is 0.263 e. The van der Waals surface area contributed by atoms with Crippen molar-refractivity contribution >= 4 is 27.4 Å². The van der Waals surface area contributed by atoms with Gasteiger partial charge in [-0.2, -0.15) is 0 Å². The van der Waals surface area contributed by atoms with Gasteiger partial charge in [-0.15, -0.1) is 0 Å². The van der Waals surface area contributed by atoms with E-state index in [0.29, 0.717) is 36.8 Å². The lowest BCUT2D eigenvalue weighted by molar-refractivity contribution is -0.116. The number of carbonyl (C=O) groups is 1. The Bertz CT molecular complexity index is 1200. The number of pyridine rings is 1. The molecule has 0 aliphatic heterocycles. The van der Waals surface area contributed by atoms with Gasteiger partial charge in [-0.25, -0.2) is 13.4 Å². The summed E-state index contributed by atoms with van der Waals surface area (Å²) >= 11 is 0. The number of aromatic nitrogens is 1. The highest BCUT2D eigenvalue weighted by Gasteiger charge is 2.15. The standard InChI is InChI=1S/C26H31N3O5S/c1-3-5-18-34-23-15-9-20(19-24(23)33-4-2)10-16-26(30)28-21-11-13-22(14-12-21)35(31,32)29-25-8-6-7-17-27-25/h6-9,11-15,17,19H,3-5,10,16,18H2,1-2H3,(H,27,29)(H,28,30). The van der Waals surface area contributed by atoms with Gasteiger partial charge in [0, 0.05) is 18.3 Å². The Kier molecular flexibility index (Phi) is 9.48. The van der Waals surface area contributed by atoms with Crippen LogP contribution in [-0.2, 0) is 21.2 Å². The number of nitrogens with one attached hydrogen (secondary N) is 2. The predicted molar refractivity (Wildman–Crippen MR) is 136 cm³/mol. The normalized spacial score (nSPS) is 11.0. The second-order valence-electron chi connectivity index (χ2n) is 7.81. The molecular formula is C26H31N3O5S. The zero-order chi connectivity index (χ0) is 25.1. The molecule has 1 heterocycles. The van der Waals surface area contributed by atoms with E-state index in [0.717, 1.165) is 18.4 Å². The summed E-state index contributed by atoms with van der Waals surface area (Å²) in [6.07, 6.45) is 4.33. The van der Waals surface area contributed by atoms with Crippen molar-refractivity contribution in [1.82, 2.24) is 4.98 Å². The average molecular weight is 498 g/mol. The van der Waals surface area contributed by atoms with E-state index in [1.807, 2.05) is 25.1 Å². The van der Waals surface area contributed by atoms with Crippen LogP contribution in [0, 0.1) is 0 Å². The fourth-order valence-corrected chi connectivity index (χ4v) is 4.25. The lowest BCUT2D eigenvalue weighted by Crippen LogP contribution is -2.15. The molecule has 0 saturated heterocycles. The quantitative estimate of drug-likeness (QED) is 0.321. The van der Waals surface area contributed by atoms with Gasteiger partial charge in [0.1, 0.15) is 5.82 Å². The van der Waals surface area contributed by atoms with Crippen molar-refractivity contribution in [2.45, 2.75) is 44.4 Å². The zero-order valence-electron chi connectivity index (χ0n) is 20.0. The van der Waals surface area contributed by atoms with Gasteiger partial charge in [0.25, 0.3) is 10.0 Å². The number of nitrogens with zero attached hydrogens (tertiary/aromatic N) is 1. The van der Waals surface area contributed by atoms with Gasteiger partial charge in [0.15, 0.2) is 11.5 Å². The third-order valence-electron chi connectivity index (χ3n) is 5.06. The Morgan fingerprint density at radius 3 is 2.46 bits per heavy atom. The van der Waals surface area contributed by atoms with E-state index < -0.39 is 10.0 Å². The van der Waals surface area contributed by atoms with Gasteiger partial charge in [-0.3, -0.25) is 9.52 Å². The fraction of sp³-hybridized carbons (Fsp3) is 0.308. The topological polar surface area (TPSA) is 107 Å². The van der Waals surface area contributed by atoms with E-state index in [1.54, 1.807) is 30.3 Å². The van der Waals surface area contributed by atoms with Gasteiger partial charge in [0.2, 0.25) is 5.91 Å². The molecule has 0 fully saturated rings. The van der Waals surface area contributed by atoms with Crippen molar-refractivity contribution in [1.29, 1.82) is 0 Å². The molecule has 0 unspecified atom stereocenters. The molecule has 0 atom stereocenters. The summed E-state index contributed by atoms with van der Waals surface area (Å²) in [5, 5.41) is 2.80. The Morgan fingerprint density at radius 1 is 0.971 bits per heavy atom. The number of ether oxygens (including phenoxy) is 2. The molecule has 0 aliphatic rings.